The standard InChI is InChI=1S/C42H40FN7O4/c1-3-34-31-20-27(8-11-35(31)48-47-34)41(51)45-28-9-12-37-36(21-28)46-39(50(37)23-29-15-18-52-29)24-49-16-13-26(14-17-49)30-5-4-6-38-40(30)54-42(2,53-38)32-10-7-25(22-44)19-33(32)43/h4-12,19-21,26,29H,3,13-18,23-24H2,1-2H3,(H,45,51)(H,47,48)/t29-,42?/m0/s1. The molecule has 2 aromatic heterocycles. The molecule has 3 aliphatic heterocycles. The van der Waals surface area contributed by atoms with Crippen LogP contribution in [0, 0.1) is 17.1 Å². The lowest BCUT2D eigenvalue weighted by atomic mass is 9.88. The van der Waals surface area contributed by atoms with Crippen LogP contribution in [0.3, 0.4) is 0 Å². The second kappa shape index (κ2) is 13.6. The molecule has 2 fully saturated rings. The summed E-state index contributed by atoms with van der Waals surface area (Å²) in [5.41, 5.74) is 6.51. The fourth-order valence-corrected chi connectivity index (χ4v) is 8.03. The molecule has 3 aliphatic rings. The lowest BCUT2D eigenvalue weighted by molar-refractivity contribution is -0.0712. The number of fused-ring (bicyclic) bond motifs is 3. The van der Waals surface area contributed by atoms with E-state index in [2.05, 4.69) is 31.0 Å². The van der Waals surface area contributed by atoms with E-state index >= 15 is 4.39 Å². The van der Waals surface area contributed by atoms with Gasteiger partial charge in [-0.1, -0.05) is 19.1 Å². The Morgan fingerprint density at radius 2 is 1.93 bits per heavy atom. The van der Waals surface area contributed by atoms with Gasteiger partial charge in [0.1, 0.15) is 11.6 Å². The third-order valence-corrected chi connectivity index (χ3v) is 11.1. The zero-order valence-corrected chi connectivity index (χ0v) is 30.2. The van der Waals surface area contributed by atoms with Crippen molar-refractivity contribution in [2.75, 3.05) is 25.0 Å². The van der Waals surface area contributed by atoms with E-state index in [0.717, 1.165) is 90.9 Å². The molecule has 1 amide bonds. The summed E-state index contributed by atoms with van der Waals surface area (Å²) in [6.45, 7) is 7.67. The average molecular weight is 726 g/mol. The molecule has 2 saturated heterocycles. The number of benzene rings is 4. The number of amides is 1. The molecule has 0 bridgehead atoms. The monoisotopic (exact) mass is 725 g/mol. The zero-order valence-electron chi connectivity index (χ0n) is 30.2. The first-order valence-corrected chi connectivity index (χ1v) is 18.6. The number of aryl methyl sites for hydroxylation is 1. The minimum atomic E-state index is -1.34. The number of nitrogens with one attached hydrogen (secondary N) is 2. The number of anilines is 1. The van der Waals surface area contributed by atoms with Gasteiger partial charge in [-0.25, -0.2) is 9.37 Å². The van der Waals surface area contributed by atoms with Crippen molar-refractivity contribution in [2.45, 2.75) is 70.4 Å². The van der Waals surface area contributed by atoms with Crippen LogP contribution < -0.4 is 14.8 Å². The van der Waals surface area contributed by atoms with E-state index in [0.29, 0.717) is 29.3 Å². The molecule has 54 heavy (non-hydrogen) atoms. The van der Waals surface area contributed by atoms with Crippen molar-refractivity contribution in [3.63, 3.8) is 0 Å². The first kappa shape index (κ1) is 34.0. The number of hydrogen-bond acceptors (Lipinski definition) is 8. The zero-order chi connectivity index (χ0) is 37.0. The maximum absolute atomic E-state index is 15.1. The van der Waals surface area contributed by atoms with E-state index in [1.807, 2.05) is 61.5 Å². The molecule has 274 valence electrons. The van der Waals surface area contributed by atoms with Crippen LogP contribution in [-0.2, 0) is 30.0 Å². The minimum absolute atomic E-state index is 0.156. The number of nitriles is 1. The number of para-hydroxylation sites is 1. The number of aromatic nitrogens is 4. The second-order valence-electron chi connectivity index (χ2n) is 14.5. The molecule has 11 nitrogen and oxygen atoms in total. The quantitative estimate of drug-likeness (QED) is 0.156. The topological polar surface area (TPSA) is 130 Å². The number of H-pyrrole nitrogens is 1. The molecule has 2 N–H and O–H groups in total. The molecular formula is C42H40FN7O4. The highest BCUT2D eigenvalue weighted by Crippen LogP contribution is 2.49. The highest BCUT2D eigenvalue weighted by atomic mass is 19.1. The Bertz CT molecular complexity index is 2460. The van der Waals surface area contributed by atoms with Gasteiger partial charge >= 0.3 is 0 Å². The van der Waals surface area contributed by atoms with Gasteiger partial charge in [0.05, 0.1) is 58.6 Å². The lowest BCUT2D eigenvalue weighted by Crippen LogP contribution is -2.35. The van der Waals surface area contributed by atoms with Crippen molar-refractivity contribution in [1.82, 2.24) is 24.6 Å². The van der Waals surface area contributed by atoms with Crippen molar-refractivity contribution in [1.29, 1.82) is 5.26 Å². The summed E-state index contributed by atoms with van der Waals surface area (Å²) in [6.07, 6.45) is 3.77. The molecule has 9 rings (SSSR count). The first-order valence-electron chi connectivity index (χ1n) is 18.6. The molecular weight excluding hydrogens is 686 g/mol. The Morgan fingerprint density at radius 3 is 2.69 bits per heavy atom. The van der Waals surface area contributed by atoms with Gasteiger partial charge in [0.15, 0.2) is 11.5 Å². The summed E-state index contributed by atoms with van der Waals surface area (Å²) < 4.78 is 35.8. The Hall–Kier alpha value is -5.77. The molecule has 6 aromatic rings. The van der Waals surface area contributed by atoms with Crippen molar-refractivity contribution < 1.29 is 23.4 Å². The highest BCUT2D eigenvalue weighted by Gasteiger charge is 2.43. The molecule has 0 spiro atoms. The number of halogens is 1. The summed E-state index contributed by atoms with van der Waals surface area (Å²) in [6, 6.07) is 23.7. The third kappa shape index (κ3) is 6.13. The molecule has 1 unspecified atom stereocenters. The van der Waals surface area contributed by atoms with Crippen LogP contribution in [0.2, 0.25) is 0 Å². The molecule has 12 heteroatoms. The second-order valence-corrected chi connectivity index (χ2v) is 14.5. The van der Waals surface area contributed by atoms with Gasteiger partial charge in [-0.2, -0.15) is 10.4 Å². The van der Waals surface area contributed by atoms with Gasteiger partial charge in [0.2, 0.25) is 0 Å². The Balaban J connectivity index is 0.905. The number of ether oxygens (including phenoxy) is 3. The number of piperidine rings is 1. The van der Waals surface area contributed by atoms with Crippen molar-refractivity contribution in [2.24, 2.45) is 0 Å². The highest BCUT2D eigenvalue weighted by molar-refractivity contribution is 6.07. The largest absolute Gasteiger partial charge is 0.444 e. The lowest BCUT2D eigenvalue weighted by Gasteiger charge is -2.33. The number of carbonyl (C=O) groups is 1. The van der Waals surface area contributed by atoms with Crippen molar-refractivity contribution in [3.8, 4) is 17.6 Å². The molecule has 4 aromatic carbocycles. The summed E-state index contributed by atoms with van der Waals surface area (Å²) in [5.74, 6) is 0.396. The number of rotatable bonds is 9. The fourth-order valence-electron chi connectivity index (χ4n) is 8.03. The van der Waals surface area contributed by atoms with Crippen LogP contribution in [0.25, 0.3) is 21.9 Å². The van der Waals surface area contributed by atoms with Crippen LogP contribution in [-0.4, -0.2) is 56.4 Å². The maximum Gasteiger partial charge on any atom is 0.278 e. The SMILES string of the molecule is CCc1n[nH]c2ccc(C(=O)Nc3ccc4c(c3)nc(CN3CCC(c5cccc6c5OC(C)(c5ccc(C#N)cc5F)O6)CC3)n4C[C@@H]3CCO3)cc12. The number of aromatic amines is 1. The Labute approximate surface area is 311 Å². The van der Waals surface area contributed by atoms with Gasteiger partial charge < -0.3 is 24.1 Å². The smallest absolute Gasteiger partial charge is 0.278 e. The fraction of sp³-hybridized carbons (Fsp3) is 0.333. The van der Waals surface area contributed by atoms with Crippen LogP contribution >= 0.6 is 0 Å². The molecule has 0 saturated carbocycles. The van der Waals surface area contributed by atoms with Gasteiger partial charge in [0.25, 0.3) is 11.7 Å². The van der Waals surface area contributed by atoms with Crippen LogP contribution in [0.4, 0.5) is 10.1 Å². The van der Waals surface area contributed by atoms with E-state index in [1.165, 1.54) is 6.07 Å². The third-order valence-electron chi connectivity index (χ3n) is 11.1. The molecule has 2 atom stereocenters. The van der Waals surface area contributed by atoms with Gasteiger partial charge in [-0.3, -0.25) is 14.8 Å². The number of hydrogen-bond donors (Lipinski definition) is 2. The van der Waals surface area contributed by atoms with E-state index in [-0.39, 0.29) is 29.1 Å². The van der Waals surface area contributed by atoms with Crippen molar-refractivity contribution >= 4 is 33.5 Å². The van der Waals surface area contributed by atoms with E-state index in [1.54, 1.807) is 19.1 Å². The summed E-state index contributed by atoms with van der Waals surface area (Å²) in [5, 5.41) is 20.6. The Kier molecular flexibility index (Phi) is 8.55. The average Bonchev–Trinajstić information content (AvgIpc) is 3.85. The summed E-state index contributed by atoms with van der Waals surface area (Å²) in [4.78, 5) is 20.9. The van der Waals surface area contributed by atoms with Gasteiger partial charge in [-0.05, 0) is 105 Å². The van der Waals surface area contributed by atoms with Crippen LogP contribution in [0.1, 0.15) is 77.6 Å². The number of likely N-dealkylation sites (tertiary alicyclic amines) is 1. The Morgan fingerprint density at radius 1 is 1.07 bits per heavy atom. The number of nitrogens with zero attached hydrogens (tertiary/aromatic N) is 5. The summed E-state index contributed by atoms with van der Waals surface area (Å²) in [7, 11) is 0. The van der Waals surface area contributed by atoms with Crippen LogP contribution in [0.15, 0.2) is 72.8 Å². The van der Waals surface area contributed by atoms with E-state index < -0.39 is 11.6 Å². The number of imidazole rings is 1. The first-order chi connectivity index (χ1) is 26.3. The molecule has 0 radical (unpaired) electrons. The van der Waals surface area contributed by atoms with E-state index in [9.17, 15) is 10.1 Å². The predicted molar refractivity (Wildman–Crippen MR) is 201 cm³/mol. The minimum Gasteiger partial charge on any atom is -0.444 e. The molecule has 0 aliphatic carbocycles. The van der Waals surface area contributed by atoms with Gasteiger partial charge in [0, 0.05) is 35.7 Å². The van der Waals surface area contributed by atoms with Gasteiger partial charge in [-0.15, -0.1) is 0 Å². The normalized spacial score (nSPS) is 19.9. The van der Waals surface area contributed by atoms with Crippen molar-refractivity contribution in [3.05, 3.63) is 112 Å². The maximum atomic E-state index is 15.1. The van der Waals surface area contributed by atoms with Crippen LogP contribution in [0.5, 0.6) is 11.5 Å². The summed E-state index contributed by atoms with van der Waals surface area (Å²) >= 11 is 0. The number of carbonyl (C=O) groups excluding carboxylic acids is 1. The molecule has 5 heterocycles. The van der Waals surface area contributed by atoms with E-state index in [4.69, 9.17) is 19.2 Å². The predicted octanol–water partition coefficient (Wildman–Crippen LogP) is 7.55.